The fraction of sp³-hybridized carbons (Fsp3) is 0.333. The molecule has 12 heteroatoms. The number of hydrogen-bond donors (Lipinski definition) is 1. The molecule has 0 saturated heterocycles. The number of benzene rings is 1. The molecule has 3 aromatic heterocycles. The van der Waals surface area contributed by atoms with Crippen molar-refractivity contribution in [2.75, 3.05) is 11.3 Å². The van der Waals surface area contributed by atoms with Gasteiger partial charge in [-0.25, -0.2) is 24.7 Å². The average molecular weight is 588 g/mol. The molecule has 1 N–H and O–H groups in total. The van der Waals surface area contributed by atoms with E-state index < -0.39 is 22.0 Å². The number of sulfonamides is 1. The lowest BCUT2D eigenvalue weighted by Gasteiger charge is -2.35. The molecule has 0 unspecified atom stereocenters. The van der Waals surface area contributed by atoms with E-state index in [1.807, 2.05) is 32.0 Å². The van der Waals surface area contributed by atoms with Crippen molar-refractivity contribution in [1.29, 1.82) is 0 Å². The molecule has 11 nitrogen and oxygen atoms in total. The fourth-order valence-electron chi connectivity index (χ4n) is 4.97. The van der Waals surface area contributed by atoms with Crippen LogP contribution in [-0.4, -0.2) is 56.8 Å². The van der Waals surface area contributed by atoms with Gasteiger partial charge in [0.25, 0.3) is 15.9 Å². The molecule has 1 aliphatic heterocycles. The van der Waals surface area contributed by atoms with E-state index in [2.05, 4.69) is 50.4 Å². The van der Waals surface area contributed by atoms with Crippen LogP contribution < -0.4 is 9.46 Å². The Morgan fingerprint density at radius 3 is 2.33 bits per heavy atom. The molecule has 218 valence electrons. The number of aromatic nitrogens is 5. The standard InChI is InChI=1S/C30H33N7O4S/c1-19-9-6-10-20(2)27(19)23-15-25-35-29(34-23)36-42(39,40)26-12-7-11-22(33-26)28(38)37(17-24-31-13-8-14-32-24)21(18-41-25)16-30(3,4)5/h6-15,21H,16-18H2,1-5H3,(H,34,35,36)/t21-/m1/s1. The Bertz CT molecular complexity index is 1700. The van der Waals surface area contributed by atoms with Crippen LogP contribution >= 0.6 is 0 Å². The first-order chi connectivity index (χ1) is 19.9. The molecule has 1 amide bonds. The van der Waals surface area contributed by atoms with Crippen molar-refractivity contribution in [3.05, 3.63) is 83.6 Å². The summed E-state index contributed by atoms with van der Waals surface area (Å²) in [6.07, 6.45) is 3.78. The minimum absolute atomic E-state index is 0.0317. The van der Waals surface area contributed by atoms with Gasteiger partial charge in [-0.1, -0.05) is 45.0 Å². The van der Waals surface area contributed by atoms with Crippen molar-refractivity contribution in [2.45, 2.75) is 58.7 Å². The lowest BCUT2D eigenvalue weighted by molar-refractivity contribution is 0.0499. The van der Waals surface area contributed by atoms with Crippen molar-refractivity contribution in [2.24, 2.45) is 5.41 Å². The molecular formula is C30H33N7O4S. The third-order valence-corrected chi connectivity index (χ3v) is 8.02. The number of anilines is 1. The monoisotopic (exact) mass is 587 g/mol. The minimum atomic E-state index is -4.26. The largest absolute Gasteiger partial charge is 0.475 e. The van der Waals surface area contributed by atoms with Gasteiger partial charge in [-0.15, -0.1) is 0 Å². The Morgan fingerprint density at radius 2 is 1.64 bits per heavy atom. The lowest BCUT2D eigenvalue weighted by Crippen LogP contribution is -2.45. The van der Waals surface area contributed by atoms with Gasteiger partial charge in [-0.05, 0) is 55.0 Å². The summed E-state index contributed by atoms with van der Waals surface area (Å²) in [5, 5.41) is -0.334. The summed E-state index contributed by atoms with van der Waals surface area (Å²) in [6.45, 7) is 10.3. The summed E-state index contributed by atoms with van der Waals surface area (Å²) in [6, 6.07) is 13.1. The van der Waals surface area contributed by atoms with Crippen LogP contribution in [0.5, 0.6) is 5.88 Å². The van der Waals surface area contributed by atoms with Crippen molar-refractivity contribution >= 4 is 21.9 Å². The Morgan fingerprint density at radius 1 is 0.952 bits per heavy atom. The number of carbonyl (C=O) groups excluding carboxylic acids is 1. The van der Waals surface area contributed by atoms with Gasteiger partial charge < -0.3 is 9.64 Å². The SMILES string of the molecule is Cc1cccc(C)c1-c1cc2nc(n1)NS(=O)(=O)c1cccc(n1)C(=O)N(Cc1ncccn1)[C@H](CC(C)(C)C)CO2. The van der Waals surface area contributed by atoms with Crippen LogP contribution in [0.15, 0.2) is 66.0 Å². The smallest absolute Gasteiger partial charge is 0.281 e. The molecule has 0 saturated carbocycles. The molecule has 1 aliphatic rings. The molecule has 42 heavy (non-hydrogen) atoms. The third-order valence-electron chi connectivity index (χ3n) is 6.79. The number of pyridine rings is 1. The summed E-state index contributed by atoms with van der Waals surface area (Å²) < 4.78 is 35.6. The molecule has 4 heterocycles. The number of carbonyl (C=O) groups is 1. The molecule has 0 spiro atoms. The van der Waals surface area contributed by atoms with Gasteiger partial charge in [-0.2, -0.15) is 13.4 Å². The van der Waals surface area contributed by atoms with Crippen molar-refractivity contribution in [3.63, 3.8) is 0 Å². The second-order valence-electron chi connectivity index (χ2n) is 11.5. The van der Waals surface area contributed by atoms with Gasteiger partial charge in [0.15, 0.2) is 5.03 Å². The molecule has 1 aromatic carbocycles. The first kappa shape index (κ1) is 29.1. The molecule has 1 atom stereocenters. The van der Waals surface area contributed by atoms with E-state index in [1.54, 1.807) is 29.4 Å². The summed E-state index contributed by atoms with van der Waals surface area (Å²) in [5.74, 6) is -0.0295. The summed E-state index contributed by atoms with van der Waals surface area (Å²) in [4.78, 5) is 37.5. The van der Waals surface area contributed by atoms with Crippen LogP contribution in [0.25, 0.3) is 11.3 Å². The van der Waals surface area contributed by atoms with E-state index >= 15 is 0 Å². The van der Waals surface area contributed by atoms with Gasteiger partial charge in [0.1, 0.15) is 18.1 Å². The zero-order valence-electron chi connectivity index (χ0n) is 24.2. The number of ether oxygens (including phenoxy) is 1. The molecule has 0 fully saturated rings. The van der Waals surface area contributed by atoms with E-state index in [-0.39, 0.29) is 41.1 Å². The van der Waals surface area contributed by atoms with Gasteiger partial charge >= 0.3 is 0 Å². The minimum Gasteiger partial charge on any atom is -0.475 e. The predicted molar refractivity (Wildman–Crippen MR) is 157 cm³/mol. The van der Waals surface area contributed by atoms with E-state index in [4.69, 9.17) is 4.74 Å². The van der Waals surface area contributed by atoms with Crippen LogP contribution in [0.3, 0.4) is 0 Å². The Hall–Kier alpha value is -4.45. The van der Waals surface area contributed by atoms with E-state index in [1.165, 1.54) is 18.2 Å². The van der Waals surface area contributed by atoms with Crippen molar-refractivity contribution < 1.29 is 17.9 Å². The van der Waals surface area contributed by atoms with Crippen LogP contribution in [0.4, 0.5) is 5.95 Å². The molecule has 4 aromatic rings. The highest BCUT2D eigenvalue weighted by atomic mass is 32.2. The number of nitrogens with zero attached hydrogens (tertiary/aromatic N) is 6. The first-order valence-corrected chi connectivity index (χ1v) is 15.0. The number of rotatable bonds is 4. The average Bonchev–Trinajstić information content (AvgIpc) is 2.93. The number of hydrogen-bond acceptors (Lipinski definition) is 9. The molecule has 0 radical (unpaired) electrons. The Kier molecular flexibility index (Phi) is 7.91. The maximum absolute atomic E-state index is 14.0. The predicted octanol–water partition coefficient (Wildman–Crippen LogP) is 4.59. The topological polar surface area (TPSA) is 140 Å². The van der Waals surface area contributed by atoms with E-state index in [0.29, 0.717) is 17.9 Å². The maximum Gasteiger partial charge on any atom is 0.281 e. The van der Waals surface area contributed by atoms with Crippen LogP contribution in [0.2, 0.25) is 0 Å². The van der Waals surface area contributed by atoms with E-state index in [0.717, 1.165) is 16.7 Å². The fourth-order valence-corrected chi connectivity index (χ4v) is 5.89. The van der Waals surface area contributed by atoms with Gasteiger partial charge in [-0.3, -0.25) is 4.79 Å². The highest BCUT2D eigenvalue weighted by Gasteiger charge is 2.32. The van der Waals surface area contributed by atoms with Crippen molar-refractivity contribution in [1.82, 2.24) is 29.8 Å². The van der Waals surface area contributed by atoms with Crippen LogP contribution in [-0.2, 0) is 16.6 Å². The number of aryl methyl sites for hydroxylation is 2. The molecule has 4 bridgehead atoms. The molecule has 0 aliphatic carbocycles. The normalized spacial score (nSPS) is 16.8. The summed E-state index contributed by atoms with van der Waals surface area (Å²) in [5.41, 5.74) is 3.05. The number of nitrogens with one attached hydrogen (secondary N) is 1. The number of fused-ring (bicyclic) bond motifs is 4. The van der Waals surface area contributed by atoms with Crippen molar-refractivity contribution in [3.8, 4) is 17.1 Å². The summed E-state index contributed by atoms with van der Waals surface area (Å²) >= 11 is 0. The third kappa shape index (κ3) is 6.54. The molecular weight excluding hydrogens is 554 g/mol. The highest BCUT2D eigenvalue weighted by Crippen LogP contribution is 2.31. The first-order valence-electron chi connectivity index (χ1n) is 13.5. The van der Waals surface area contributed by atoms with Gasteiger partial charge in [0, 0.05) is 24.0 Å². The lowest BCUT2D eigenvalue weighted by atomic mass is 9.87. The zero-order chi connectivity index (χ0) is 30.1. The molecule has 5 rings (SSSR count). The van der Waals surface area contributed by atoms with Crippen LogP contribution in [0, 0.1) is 19.3 Å². The van der Waals surface area contributed by atoms with Gasteiger partial charge in [0.05, 0.1) is 18.3 Å². The van der Waals surface area contributed by atoms with Crippen LogP contribution in [0.1, 0.15) is 54.6 Å². The van der Waals surface area contributed by atoms with E-state index in [9.17, 15) is 13.2 Å². The van der Waals surface area contributed by atoms with Gasteiger partial charge in [0.2, 0.25) is 11.8 Å². The zero-order valence-corrected chi connectivity index (χ0v) is 25.0. The summed E-state index contributed by atoms with van der Waals surface area (Å²) in [7, 11) is -4.26. The second kappa shape index (κ2) is 11.4. The maximum atomic E-state index is 14.0. The second-order valence-corrected chi connectivity index (χ2v) is 13.1. The Labute approximate surface area is 245 Å². The highest BCUT2D eigenvalue weighted by molar-refractivity contribution is 7.92. The Balaban J connectivity index is 1.68. The quantitative estimate of drug-likeness (QED) is 0.363. The number of amides is 1.